The van der Waals surface area contributed by atoms with Crippen LogP contribution in [0.1, 0.15) is 5.56 Å². The van der Waals surface area contributed by atoms with Crippen LogP contribution < -0.4 is 16.4 Å². The number of nitrogens with two attached hydrogens (primary N) is 2. The fourth-order valence-electron chi connectivity index (χ4n) is 3.43. The zero-order valence-corrected chi connectivity index (χ0v) is 16.9. The highest BCUT2D eigenvalue weighted by molar-refractivity contribution is 5.87. The largest absolute Gasteiger partial charge is 0.443 e. The standard InChI is InChI=1S/C19H27FN6O4/c1-29-14-9-26(10-14)16(27)11-24-5-7-25(8-6-24)15-4-2-3-13(17(15)20)12-30-19(28)23-18(21)22/h2-4,14H,5-12H2,1H3,(H4,21,22,23,28). The van der Waals surface area contributed by atoms with Crippen molar-refractivity contribution in [2.45, 2.75) is 12.7 Å². The lowest BCUT2D eigenvalue weighted by Gasteiger charge is -2.41. The summed E-state index contributed by atoms with van der Waals surface area (Å²) in [7, 11) is 1.65. The highest BCUT2D eigenvalue weighted by Crippen LogP contribution is 2.24. The molecule has 0 saturated carbocycles. The van der Waals surface area contributed by atoms with Crippen LogP contribution in [0, 0.1) is 5.82 Å². The molecule has 0 aliphatic carbocycles. The summed E-state index contributed by atoms with van der Waals surface area (Å²) in [6.07, 6.45) is -0.836. The number of piperazine rings is 1. The Kier molecular flexibility index (Phi) is 7.06. The van der Waals surface area contributed by atoms with Crippen molar-refractivity contribution < 1.29 is 23.5 Å². The summed E-state index contributed by atoms with van der Waals surface area (Å²) >= 11 is 0. The number of nitrogens with zero attached hydrogens (tertiary/aromatic N) is 4. The average Bonchev–Trinajstić information content (AvgIpc) is 2.66. The fraction of sp³-hybridized carbons (Fsp3) is 0.526. The van der Waals surface area contributed by atoms with E-state index in [1.165, 1.54) is 6.07 Å². The van der Waals surface area contributed by atoms with E-state index in [2.05, 4.69) is 9.89 Å². The maximum atomic E-state index is 14.9. The quantitative estimate of drug-likeness (QED) is 0.473. The molecule has 0 atom stereocenters. The number of carbonyl (C=O) groups is 2. The van der Waals surface area contributed by atoms with Crippen LogP contribution in [0.25, 0.3) is 0 Å². The first-order chi connectivity index (χ1) is 14.4. The third kappa shape index (κ3) is 5.36. The summed E-state index contributed by atoms with van der Waals surface area (Å²) in [6.45, 7) is 3.83. The molecule has 3 rings (SSSR count). The normalized spacial score (nSPS) is 17.4. The molecule has 164 valence electrons. The van der Waals surface area contributed by atoms with Crippen LogP contribution in [0.5, 0.6) is 0 Å². The van der Waals surface area contributed by atoms with Crippen molar-refractivity contribution >= 4 is 23.6 Å². The zero-order valence-electron chi connectivity index (χ0n) is 16.9. The van der Waals surface area contributed by atoms with E-state index in [4.69, 9.17) is 20.9 Å². The molecule has 0 bridgehead atoms. The maximum absolute atomic E-state index is 14.9. The van der Waals surface area contributed by atoms with E-state index in [0.717, 1.165) is 0 Å². The van der Waals surface area contributed by atoms with E-state index in [0.29, 0.717) is 51.5 Å². The first-order valence-electron chi connectivity index (χ1n) is 9.69. The van der Waals surface area contributed by atoms with E-state index in [1.807, 2.05) is 4.90 Å². The van der Waals surface area contributed by atoms with Crippen molar-refractivity contribution in [1.82, 2.24) is 9.80 Å². The molecule has 0 aromatic heterocycles. The molecule has 1 aromatic rings. The molecule has 2 fully saturated rings. The molecule has 0 spiro atoms. The number of aliphatic imine (C=N–C) groups is 1. The Morgan fingerprint density at radius 2 is 1.90 bits per heavy atom. The number of anilines is 1. The molecule has 2 aliphatic rings. The van der Waals surface area contributed by atoms with Crippen molar-refractivity contribution in [3.63, 3.8) is 0 Å². The van der Waals surface area contributed by atoms with Gasteiger partial charge in [-0.15, -0.1) is 4.99 Å². The van der Waals surface area contributed by atoms with Gasteiger partial charge in [0, 0.05) is 51.9 Å². The van der Waals surface area contributed by atoms with Gasteiger partial charge in [0.1, 0.15) is 6.61 Å². The molecule has 0 radical (unpaired) electrons. The summed E-state index contributed by atoms with van der Waals surface area (Å²) < 4.78 is 25.0. The van der Waals surface area contributed by atoms with Crippen LogP contribution in [-0.2, 0) is 20.9 Å². The highest BCUT2D eigenvalue weighted by Gasteiger charge is 2.31. The molecule has 2 heterocycles. The van der Waals surface area contributed by atoms with Gasteiger partial charge >= 0.3 is 6.09 Å². The second-order valence-corrected chi connectivity index (χ2v) is 7.26. The van der Waals surface area contributed by atoms with Gasteiger partial charge in [0.2, 0.25) is 5.91 Å². The van der Waals surface area contributed by atoms with Gasteiger partial charge in [-0.2, -0.15) is 0 Å². The Labute approximate surface area is 174 Å². The third-order valence-corrected chi connectivity index (χ3v) is 5.24. The van der Waals surface area contributed by atoms with Gasteiger partial charge in [-0.3, -0.25) is 9.69 Å². The number of ether oxygens (including phenoxy) is 2. The first kappa shape index (κ1) is 21.8. The Morgan fingerprint density at radius 3 is 2.53 bits per heavy atom. The van der Waals surface area contributed by atoms with Gasteiger partial charge in [-0.25, -0.2) is 9.18 Å². The number of rotatable bonds is 6. The van der Waals surface area contributed by atoms with Gasteiger partial charge < -0.3 is 30.7 Å². The predicted molar refractivity (Wildman–Crippen MR) is 108 cm³/mol. The summed E-state index contributed by atoms with van der Waals surface area (Å²) in [5.41, 5.74) is 10.9. The lowest BCUT2D eigenvalue weighted by Crippen LogP contribution is -2.58. The minimum Gasteiger partial charge on any atom is -0.443 e. The smallest absolute Gasteiger partial charge is 0.437 e. The summed E-state index contributed by atoms with van der Waals surface area (Å²) in [5, 5.41) is 0. The van der Waals surface area contributed by atoms with E-state index < -0.39 is 17.9 Å². The molecular weight excluding hydrogens is 395 g/mol. The molecule has 11 heteroatoms. The van der Waals surface area contributed by atoms with Gasteiger partial charge in [0.05, 0.1) is 18.3 Å². The van der Waals surface area contributed by atoms with Crippen LogP contribution in [0.2, 0.25) is 0 Å². The molecule has 1 aromatic carbocycles. The van der Waals surface area contributed by atoms with Crippen molar-refractivity contribution in [2.75, 3.05) is 57.8 Å². The lowest BCUT2D eigenvalue weighted by molar-refractivity contribution is -0.144. The molecule has 4 N–H and O–H groups in total. The minimum absolute atomic E-state index is 0.0903. The molecule has 2 aliphatic heterocycles. The number of guanidine groups is 1. The van der Waals surface area contributed by atoms with Crippen LogP contribution in [-0.4, -0.2) is 86.8 Å². The molecule has 30 heavy (non-hydrogen) atoms. The van der Waals surface area contributed by atoms with E-state index in [1.54, 1.807) is 24.1 Å². The number of likely N-dealkylation sites (tertiary alicyclic amines) is 1. The molecule has 2 amide bonds. The van der Waals surface area contributed by atoms with Crippen LogP contribution in [0.4, 0.5) is 14.9 Å². The second-order valence-electron chi connectivity index (χ2n) is 7.26. The highest BCUT2D eigenvalue weighted by atomic mass is 19.1. The number of benzene rings is 1. The van der Waals surface area contributed by atoms with Crippen LogP contribution >= 0.6 is 0 Å². The number of hydrogen-bond acceptors (Lipinski definition) is 6. The fourth-order valence-corrected chi connectivity index (χ4v) is 3.43. The Bertz CT molecular complexity index is 802. The monoisotopic (exact) mass is 422 g/mol. The number of methoxy groups -OCH3 is 1. The van der Waals surface area contributed by atoms with Gasteiger partial charge in [-0.05, 0) is 6.07 Å². The summed E-state index contributed by atoms with van der Waals surface area (Å²) in [5.74, 6) is -0.781. The average molecular weight is 422 g/mol. The predicted octanol–water partition coefficient (Wildman–Crippen LogP) is -0.285. The first-order valence-corrected chi connectivity index (χ1v) is 9.69. The topological polar surface area (TPSA) is 127 Å². The second kappa shape index (κ2) is 9.72. The maximum Gasteiger partial charge on any atom is 0.437 e. The zero-order chi connectivity index (χ0) is 21.7. The lowest BCUT2D eigenvalue weighted by atomic mass is 10.1. The van der Waals surface area contributed by atoms with E-state index in [9.17, 15) is 14.0 Å². The molecular formula is C19H27FN6O4. The van der Waals surface area contributed by atoms with Crippen molar-refractivity contribution in [3.8, 4) is 0 Å². The van der Waals surface area contributed by atoms with Gasteiger partial charge in [-0.1, -0.05) is 12.1 Å². The SMILES string of the molecule is COC1CN(C(=O)CN2CCN(c3cccc(COC(=O)N=C(N)N)c3F)CC2)C1. The third-order valence-electron chi connectivity index (χ3n) is 5.24. The van der Waals surface area contributed by atoms with Crippen molar-refractivity contribution in [1.29, 1.82) is 0 Å². The van der Waals surface area contributed by atoms with Crippen LogP contribution in [0.15, 0.2) is 23.2 Å². The van der Waals surface area contributed by atoms with Crippen molar-refractivity contribution in [2.24, 2.45) is 16.5 Å². The molecule has 0 unspecified atom stereocenters. The Morgan fingerprint density at radius 1 is 1.20 bits per heavy atom. The number of hydrogen-bond donors (Lipinski definition) is 2. The molecule has 2 saturated heterocycles. The van der Waals surface area contributed by atoms with Crippen molar-refractivity contribution in [3.05, 3.63) is 29.6 Å². The Hall–Kier alpha value is -2.92. The number of amides is 2. The Balaban J connectivity index is 1.51. The summed E-state index contributed by atoms with van der Waals surface area (Å²) in [4.78, 5) is 32.7. The number of halogens is 1. The minimum atomic E-state index is -0.975. The van der Waals surface area contributed by atoms with Gasteiger partial charge in [0.25, 0.3) is 0 Å². The summed E-state index contributed by atoms with van der Waals surface area (Å²) in [6, 6.07) is 4.92. The number of carbonyl (C=O) groups excluding carboxylic acids is 2. The van der Waals surface area contributed by atoms with Gasteiger partial charge in [0.15, 0.2) is 11.8 Å². The van der Waals surface area contributed by atoms with Crippen LogP contribution in [0.3, 0.4) is 0 Å². The molecule has 10 nitrogen and oxygen atoms in total. The van der Waals surface area contributed by atoms with E-state index in [-0.39, 0.29) is 24.2 Å². The van der Waals surface area contributed by atoms with E-state index >= 15 is 0 Å².